The SMILES string of the molecule is CC(C)C1CCCN(CC(CS)C(C)C)CC1. The van der Waals surface area contributed by atoms with E-state index in [0.717, 1.165) is 29.4 Å². The molecule has 0 aromatic carbocycles. The van der Waals surface area contributed by atoms with Crippen molar-refractivity contribution < 1.29 is 0 Å². The van der Waals surface area contributed by atoms with E-state index in [1.54, 1.807) is 0 Å². The molecule has 1 nitrogen and oxygen atoms in total. The Morgan fingerprint density at radius 3 is 2.35 bits per heavy atom. The van der Waals surface area contributed by atoms with Crippen molar-refractivity contribution in [3.05, 3.63) is 0 Å². The van der Waals surface area contributed by atoms with E-state index < -0.39 is 0 Å². The highest BCUT2D eigenvalue weighted by Crippen LogP contribution is 2.25. The Morgan fingerprint density at radius 1 is 1.12 bits per heavy atom. The van der Waals surface area contributed by atoms with Crippen LogP contribution in [0.1, 0.15) is 47.0 Å². The van der Waals surface area contributed by atoms with E-state index in [-0.39, 0.29) is 0 Å². The summed E-state index contributed by atoms with van der Waals surface area (Å²) in [5, 5.41) is 0. The second kappa shape index (κ2) is 7.68. The average Bonchev–Trinajstić information content (AvgIpc) is 2.50. The number of hydrogen-bond donors (Lipinski definition) is 1. The molecule has 1 fully saturated rings. The van der Waals surface area contributed by atoms with Gasteiger partial charge in [0.1, 0.15) is 0 Å². The minimum atomic E-state index is 0.758. The molecule has 0 amide bonds. The van der Waals surface area contributed by atoms with Crippen molar-refractivity contribution in [2.24, 2.45) is 23.7 Å². The molecule has 0 aromatic heterocycles. The topological polar surface area (TPSA) is 3.24 Å². The summed E-state index contributed by atoms with van der Waals surface area (Å²) in [6, 6.07) is 0. The van der Waals surface area contributed by atoms with Gasteiger partial charge in [-0.05, 0) is 61.8 Å². The Labute approximate surface area is 114 Å². The van der Waals surface area contributed by atoms with Crippen LogP contribution in [0.5, 0.6) is 0 Å². The van der Waals surface area contributed by atoms with Crippen molar-refractivity contribution in [2.75, 3.05) is 25.4 Å². The highest BCUT2D eigenvalue weighted by atomic mass is 32.1. The summed E-state index contributed by atoms with van der Waals surface area (Å²) in [7, 11) is 0. The standard InChI is InChI=1S/C15H31NS/c1-12(2)14-6-5-8-16(9-7-14)10-15(11-17)13(3)4/h12-15,17H,5-11H2,1-4H3. The molecule has 0 radical (unpaired) electrons. The maximum Gasteiger partial charge on any atom is 0.00199 e. The van der Waals surface area contributed by atoms with Gasteiger partial charge in [-0.1, -0.05) is 27.7 Å². The molecular formula is C15H31NS. The second-order valence-electron chi connectivity index (χ2n) is 6.42. The van der Waals surface area contributed by atoms with Gasteiger partial charge in [0.2, 0.25) is 0 Å². The predicted molar refractivity (Wildman–Crippen MR) is 80.8 cm³/mol. The van der Waals surface area contributed by atoms with Crippen LogP contribution in [0, 0.1) is 23.7 Å². The number of thiol groups is 1. The highest BCUT2D eigenvalue weighted by molar-refractivity contribution is 7.80. The van der Waals surface area contributed by atoms with Crippen molar-refractivity contribution in [3.8, 4) is 0 Å². The lowest BCUT2D eigenvalue weighted by molar-refractivity contribution is 0.215. The van der Waals surface area contributed by atoms with E-state index in [4.69, 9.17) is 0 Å². The highest BCUT2D eigenvalue weighted by Gasteiger charge is 2.22. The normalized spacial score (nSPS) is 25.2. The van der Waals surface area contributed by atoms with Crippen LogP contribution < -0.4 is 0 Å². The molecule has 1 rings (SSSR count). The maximum absolute atomic E-state index is 4.51. The molecule has 0 bridgehead atoms. The van der Waals surface area contributed by atoms with Crippen LogP contribution in [0.4, 0.5) is 0 Å². The molecule has 0 N–H and O–H groups in total. The summed E-state index contributed by atoms with van der Waals surface area (Å²) in [6.45, 7) is 13.3. The zero-order chi connectivity index (χ0) is 12.8. The quantitative estimate of drug-likeness (QED) is 0.730. The van der Waals surface area contributed by atoms with Gasteiger partial charge in [0, 0.05) is 6.54 Å². The minimum Gasteiger partial charge on any atom is -0.303 e. The Bertz CT molecular complexity index is 203. The van der Waals surface area contributed by atoms with Gasteiger partial charge in [-0.25, -0.2) is 0 Å². The molecule has 1 heterocycles. The van der Waals surface area contributed by atoms with Crippen LogP contribution in [0.2, 0.25) is 0 Å². The largest absolute Gasteiger partial charge is 0.303 e. The lowest BCUT2D eigenvalue weighted by atomic mass is 9.89. The summed E-state index contributed by atoms with van der Waals surface area (Å²) < 4.78 is 0. The molecule has 2 atom stereocenters. The van der Waals surface area contributed by atoms with E-state index in [2.05, 4.69) is 45.2 Å². The Kier molecular flexibility index (Phi) is 6.94. The van der Waals surface area contributed by atoms with Crippen molar-refractivity contribution in [1.29, 1.82) is 0 Å². The number of likely N-dealkylation sites (tertiary alicyclic amines) is 1. The number of rotatable bonds is 5. The first-order chi connectivity index (χ1) is 8.04. The third-order valence-corrected chi connectivity index (χ3v) is 4.95. The van der Waals surface area contributed by atoms with Gasteiger partial charge in [0.05, 0.1) is 0 Å². The Hall–Kier alpha value is 0.310. The molecule has 2 heteroatoms. The summed E-state index contributed by atoms with van der Waals surface area (Å²) in [5.41, 5.74) is 0. The first kappa shape index (κ1) is 15.4. The fourth-order valence-electron chi connectivity index (χ4n) is 2.84. The van der Waals surface area contributed by atoms with Gasteiger partial charge in [-0.2, -0.15) is 12.6 Å². The summed E-state index contributed by atoms with van der Waals surface area (Å²) in [4.78, 5) is 2.68. The van der Waals surface area contributed by atoms with Gasteiger partial charge in [-0.15, -0.1) is 0 Å². The summed E-state index contributed by atoms with van der Waals surface area (Å²) in [5.74, 6) is 4.36. The Balaban J connectivity index is 2.40. The zero-order valence-corrected chi connectivity index (χ0v) is 13.0. The lowest BCUT2D eigenvalue weighted by Gasteiger charge is -2.28. The molecular weight excluding hydrogens is 226 g/mol. The molecule has 0 aromatic rings. The zero-order valence-electron chi connectivity index (χ0n) is 12.2. The van der Waals surface area contributed by atoms with Crippen molar-refractivity contribution in [3.63, 3.8) is 0 Å². The first-order valence-electron chi connectivity index (χ1n) is 7.37. The van der Waals surface area contributed by atoms with Gasteiger partial charge >= 0.3 is 0 Å². The monoisotopic (exact) mass is 257 g/mol. The van der Waals surface area contributed by atoms with Crippen LogP contribution in [0.3, 0.4) is 0 Å². The lowest BCUT2D eigenvalue weighted by Crippen LogP contribution is -2.33. The molecule has 0 saturated carbocycles. The van der Waals surface area contributed by atoms with Crippen LogP contribution in [0.15, 0.2) is 0 Å². The van der Waals surface area contributed by atoms with Gasteiger partial charge < -0.3 is 4.90 Å². The third kappa shape index (κ3) is 5.21. The minimum absolute atomic E-state index is 0.758. The van der Waals surface area contributed by atoms with E-state index in [0.29, 0.717) is 0 Å². The van der Waals surface area contributed by atoms with Crippen LogP contribution in [-0.2, 0) is 0 Å². The van der Waals surface area contributed by atoms with Gasteiger partial charge in [0.25, 0.3) is 0 Å². The van der Waals surface area contributed by atoms with E-state index >= 15 is 0 Å². The molecule has 2 unspecified atom stereocenters. The van der Waals surface area contributed by atoms with Crippen LogP contribution in [-0.4, -0.2) is 30.3 Å². The smallest absolute Gasteiger partial charge is 0.00199 e. The molecule has 1 aliphatic heterocycles. The van der Waals surface area contributed by atoms with Crippen LogP contribution in [0.25, 0.3) is 0 Å². The molecule has 0 spiro atoms. The fraction of sp³-hybridized carbons (Fsp3) is 1.00. The first-order valence-corrected chi connectivity index (χ1v) is 8.01. The maximum atomic E-state index is 4.51. The van der Waals surface area contributed by atoms with E-state index in [1.807, 2.05) is 0 Å². The molecule has 102 valence electrons. The van der Waals surface area contributed by atoms with E-state index in [9.17, 15) is 0 Å². The predicted octanol–water partition coefficient (Wildman–Crippen LogP) is 3.95. The summed E-state index contributed by atoms with van der Waals surface area (Å²) >= 11 is 4.51. The van der Waals surface area contributed by atoms with Gasteiger partial charge in [0.15, 0.2) is 0 Å². The molecule has 1 saturated heterocycles. The molecule has 0 aliphatic carbocycles. The fourth-order valence-corrected chi connectivity index (χ4v) is 3.38. The number of hydrogen-bond acceptors (Lipinski definition) is 2. The second-order valence-corrected chi connectivity index (χ2v) is 6.79. The van der Waals surface area contributed by atoms with Crippen LogP contribution >= 0.6 is 12.6 Å². The number of nitrogens with zero attached hydrogens (tertiary/aromatic N) is 1. The van der Waals surface area contributed by atoms with Crippen molar-refractivity contribution in [2.45, 2.75) is 47.0 Å². The summed E-state index contributed by atoms with van der Waals surface area (Å²) in [6.07, 6.45) is 4.22. The average molecular weight is 257 g/mol. The molecule has 1 aliphatic rings. The van der Waals surface area contributed by atoms with Crippen molar-refractivity contribution >= 4 is 12.6 Å². The van der Waals surface area contributed by atoms with Crippen molar-refractivity contribution in [1.82, 2.24) is 4.90 Å². The Morgan fingerprint density at radius 2 is 1.82 bits per heavy atom. The molecule has 17 heavy (non-hydrogen) atoms. The third-order valence-electron chi connectivity index (χ3n) is 4.48. The van der Waals surface area contributed by atoms with E-state index in [1.165, 1.54) is 38.9 Å². The van der Waals surface area contributed by atoms with Gasteiger partial charge in [-0.3, -0.25) is 0 Å².